The quantitative estimate of drug-likeness (QED) is 0.795. The molecule has 0 saturated carbocycles. The van der Waals surface area contributed by atoms with Gasteiger partial charge in [0.05, 0.1) is 22.8 Å². The molecule has 0 spiro atoms. The number of thiophene rings is 1. The van der Waals surface area contributed by atoms with Gasteiger partial charge in [-0.05, 0) is 30.6 Å². The van der Waals surface area contributed by atoms with Crippen LogP contribution in [-0.4, -0.2) is 16.7 Å². The van der Waals surface area contributed by atoms with Gasteiger partial charge in [-0.25, -0.2) is 4.52 Å². The van der Waals surface area contributed by atoms with E-state index in [9.17, 15) is 0 Å². The fourth-order valence-corrected chi connectivity index (χ4v) is 3.41. The fraction of sp³-hybridized carbons (Fsp3) is 0.154. The van der Waals surface area contributed by atoms with Crippen LogP contribution in [0.4, 0.5) is 0 Å². The largest absolute Gasteiger partial charge is 0.309 e. The molecule has 0 amide bonds. The average molecular weight is 278 g/mol. The second kappa shape index (κ2) is 4.72. The molecule has 3 rings (SSSR count). The van der Waals surface area contributed by atoms with E-state index < -0.39 is 0 Å². The minimum absolute atomic E-state index is 0.0809. The van der Waals surface area contributed by atoms with Crippen molar-refractivity contribution in [3.05, 3.63) is 57.5 Å². The van der Waals surface area contributed by atoms with Crippen molar-refractivity contribution in [2.24, 2.45) is 0 Å². The Kier molecular flexibility index (Phi) is 3.07. The maximum Gasteiger partial charge on any atom is 0.0721 e. The Morgan fingerprint density at radius 3 is 3.00 bits per heavy atom. The van der Waals surface area contributed by atoms with Gasteiger partial charge in [0, 0.05) is 16.6 Å². The second-order valence-electron chi connectivity index (χ2n) is 3.98. The Bertz CT molecular complexity index is 673. The van der Waals surface area contributed by atoms with Gasteiger partial charge in [0.15, 0.2) is 0 Å². The topological polar surface area (TPSA) is 29.3 Å². The highest BCUT2D eigenvalue weighted by atomic mass is 35.5. The molecule has 3 aromatic heterocycles. The summed E-state index contributed by atoms with van der Waals surface area (Å²) in [7, 11) is 1.94. The Labute approximate surface area is 114 Å². The zero-order chi connectivity index (χ0) is 12.5. The molecule has 0 aliphatic rings. The van der Waals surface area contributed by atoms with E-state index in [2.05, 4.69) is 16.5 Å². The van der Waals surface area contributed by atoms with Crippen molar-refractivity contribution in [1.29, 1.82) is 0 Å². The number of halogens is 1. The number of pyridine rings is 1. The summed E-state index contributed by atoms with van der Waals surface area (Å²) in [5, 5.41) is 10.5. The number of nitrogens with zero attached hydrogens (tertiary/aromatic N) is 2. The van der Waals surface area contributed by atoms with E-state index in [-0.39, 0.29) is 6.04 Å². The zero-order valence-electron chi connectivity index (χ0n) is 9.80. The van der Waals surface area contributed by atoms with Gasteiger partial charge in [-0.15, -0.1) is 11.3 Å². The van der Waals surface area contributed by atoms with Crippen molar-refractivity contribution < 1.29 is 0 Å². The molecular formula is C13H12ClN3S. The fourth-order valence-electron chi connectivity index (χ4n) is 2.12. The summed E-state index contributed by atoms with van der Waals surface area (Å²) < 4.78 is 1.88. The van der Waals surface area contributed by atoms with Crippen molar-refractivity contribution >= 4 is 28.5 Å². The highest BCUT2D eigenvalue weighted by molar-refractivity contribution is 7.10. The zero-order valence-corrected chi connectivity index (χ0v) is 11.4. The Morgan fingerprint density at radius 1 is 1.39 bits per heavy atom. The molecule has 0 aliphatic carbocycles. The van der Waals surface area contributed by atoms with Crippen LogP contribution in [0.2, 0.25) is 5.02 Å². The molecule has 0 aliphatic heterocycles. The van der Waals surface area contributed by atoms with E-state index in [4.69, 9.17) is 11.6 Å². The van der Waals surface area contributed by atoms with Crippen molar-refractivity contribution in [3.8, 4) is 0 Å². The van der Waals surface area contributed by atoms with Crippen LogP contribution in [0.5, 0.6) is 0 Å². The SMILES string of the molecule is CNC(c1sccc1Cl)c1cnn2ccccc12. The predicted octanol–water partition coefficient (Wildman–Crippen LogP) is 3.36. The number of nitrogens with one attached hydrogen (secondary N) is 1. The van der Waals surface area contributed by atoms with Gasteiger partial charge in [0.1, 0.15) is 0 Å². The second-order valence-corrected chi connectivity index (χ2v) is 5.34. The van der Waals surface area contributed by atoms with Crippen molar-refractivity contribution in [3.63, 3.8) is 0 Å². The molecule has 0 aromatic carbocycles. The summed E-state index contributed by atoms with van der Waals surface area (Å²) in [5.74, 6) is 0. The molecule has 5 heteroatoms. The van der Waals surface area contributed by atoms with Crippen LogP contribution in [0.1, 0.15) is 16.5 Å². The molecule has 0 radical (unpaired) electrons. The van der Waals surface area contributed by atoms with Crippen LogP contribution in [0.25, 0.3) is 5.52 Å². The lowest BCUT2D eigenvalue weighted by atomic mass is 10.1. The first-order valence-corrected chi connectivity index (χ1v) is 6.89. The molecular weight excluding hydrogens is 266 g/mol. The van der Waals surface area contributed by atoms with Gasteiger partial charge in [0.2, 0.25) is 0 Å². The molecule has 0 bridgehead atoms. The van der Waals surface area contributed by atoms with Gasteiger partial charge in [-0.1, -0.05) is 17.7 Å². The summed E-state index contributed by atoms with van der Waals surface area (Å²) in [4.78, 5) is 1.12. The Morgan fingerprint density at radius 2 is 2.28 bits per heavy atom. The molecule has 1 atom stereocenters. The molecule has 3 aromatic rings. The van der Waals surface area contributed by atoms with Crippen LogP contribution < -0.4 is 5.32 Å². The molecule has 3 nitrogen and oxygen atoms in total. The van der Waals surface area contributed by atoms with E-state index >= 15 is 0 Å². The Balaban J connectivity index is 2.15. The third-order valence-electron chi connectivity index (χ3n) is 2.96. The molecule has 0 fully saturated rings. The molecule has 1 unspecified atom stereocenters. The van der Waals surface area contributed by atoms with Crippen LogP contribution in [-0.2, 0) is 0 Å². The lowest BCUT2D eigenvalue weighted by molar-refractivity contribution is 0.709. The van der Waals surface area contributed by atoms with Gasteiger partial charge < -0.3 is 5.32 Å². The van der Waals surface area contributed by atoms with Gasteiger partial charge in [-0.2, -0.15) is 5.10 Å². The monoisotopic (exact) mass is 277 g/mol. The summed E-state index contributed by atoms with van der Waals surface area (Å²) in [6.07, 6.45) is 3.84. The third kappa shape index (κ3) is 1.82. The van der Waals surface area contributed by atoms with Crippen molar-refractivity contribution in [1.82, 2.24) is 14.9 Å². The number of hydrogen-bond acceptors (Lipinski definition) is 3. The maximum atomic E-state index is 6.22. The highest BCUT2D eigenvalue weighted by Gasteiger charge is 2.20. The minimum Gasteiger partial charge on any atom is -0.309 e. The van der Waals surface area contributed by atoms with Gasteiger partial charge >= 0.3 is 0 Å². The van der Waals surface area contributed by atoms with Gasteiger partial charge in [-0.3, -0.25) is 0 Å². The summed E-state index contributed by atoms with van der Waals surface area (Å²) >= 11 is 7.88. The average Bonchev–Trinajstić information content (AvgIpc) is 2.99. The number of hydrogen-bond donors (Lipinski definition) is 1. The van der Waals surface area contributed by atoms with E-state index in [0.29, 0.717) is 0 Å². The third-order valence-corrected chi connectivity index (χ3v) is 4.39. The van der Waals surface area contributed by atoms with Crippen molar-refractivity contribution in [2.45, 2.75) is 6.04 Å². The predicted molar refractivity (Wildman–Crippen MR) is 75.4 cm³/mol. The summed E-state index contributed by atoms with van der Waals surface area (Å²) in [5.41, 5.74) is 2.24. The summed E-state index contributed by atoms with van der Waals surface area (Å²) in [6, 6.07) is 8.06. The molecule has 18 heavy (non-hydrogen) atoms. The lowest BCUT2D eigenvalue weighted by Gasteiger charge is -2.14. The van der Waals surface area contributed by atoms with E-state index in [0.717, 1.165) is 21.0 Å². The summed E-state index contributed by atoms with van der Waals surface area (Å²) in [6.45, 7) is 0. The number of aromatic nitrogens is 2. The van der Waals surface area contributed by atoms with E-state index in [1.54, 1.807) is 11.3 Å². The first kappa shape index (κ1) is 11.7. The normalized spacial score (nSPS) is 13.0. The highest BCUT2D eigenvalue weighted by Crippen LogP contribution is 2.34. The van der Waals surface area contributed by atoms with Crippen LogP contribution >= 0.6 is 22.9 Å². The van der Waals surface area contributed by atoms with E-state index in [1.807, 2.05) is 47.5 Å². The van der Waals surface area contributed by atoms with Crippen LogP contribution in [0, 0.1) is 0 Å². The smallest absolute Gasteiger partial charge is 0.0721 e. The maximum absolute atomic E-state index is 6.22. The van der Waals surface area contributed by atoms with Crippen LogP contribution in [0.15, 0.2) is 42.0 Å². The number of rotatable bonds is 3. The standard InChI is InChI=1S/C13H12ClN3S/c1-15-12(13-10(14)5-7-18-13)9-8-16-17-6-3-2-4-11(9)17/h2-8,12,15H,1H3. The first-order chi connectivity index (χ1) is 8.81. The molecule has 1 N–H and O–H groups in total. The molecule has 92 valence electrons. The Hall–Kier alpha value is -1.36. The number of fused-ring (bicyclic) bond motifs is 1. The van der Waals surface area contributed by atoms with Gasteiger partial charge in [0.25, 0.3) is 0 Å². The van der Waals surface area contributed by atoms with Crippen LogP contribution in [0.3, 0.4) is 0 Å². The minimum atomic E-state index is 0.0809. The molecule has 0 saturated heterocycles. The van der Waals surface area contributed by atoms with E-state index in [1.165, 1.54) is 0 Å². The lowest BCUT2D eigenvalue weighted by Crippen LogP contribution is -2.16. The van der Waals surface area contributed by atoms with Crippen molar-refractivity contribution in [2.75, 3.05) is 7.05 Å². The molecule has 3 heterocycles. The first-order valence-electron chi connectivity index (χ1n) is 5.63.